The van der Waals surface area contributed by atoms with E-state index in [4.69, 9.17) is 21.3 Å². The Hall–Kier alpha value is -1.62. The van der Waals surface area contributed by atoms with Gasteiger partial charge in [-0.3, -0.25) is 0 Å². The predicted octanol–water partition coefficient (Wildman–Crippen LogP) is 4.71. The average molecular weight is 376 g/mol. The van der Waals surface area contributed by atoms with Gasteiger partial charge in [-0.05, 0) is 56.4 Å². The topological polar surface area (TPSA) is 56.5 Å². The van der Waals surface area contributed by atoms with Gasteiger partial charge in [-0.1, -0.05) is 37.3 Å². The maximum atomic E-state index is 11.9. The van der Waals surface area contributed by atoms with Gasteiger partial charge >= 0.3 is 5.97 Å². The molecule has 2 aliphatic carbocycles. The molecule has 3 atom stereocenters. The molecule has 26 heavy (non-hydrogen) atoms. The number of esters is 1. The quantitative estimate of drug-likeness (QED) is 0.573. The number of hydrogen-bond donors (Lipinski definition) is 0. The molecule has 0 aliphatic heterocycles. The van der Waals surface area contributed by atoms with E-state index in [2.05, 4.69) is 5.10 Å². The summed E-state index contributed by atoms with van der Waals surface area (Å²) in [4.78, 5) is 16.6. The van der Waals surface area contributed by atoms with Crippen LogP contribution < -0.4 is 0 Å². The van der Waals surface area contributed by atoms with Gasteiger partial charge in [0.15, 0.2) is 11.3 Å². The van der Waals surface area contributed by atoms with Gasteiger partial charge in [-0.25, -0.2) is 14.3 Å². The molecule has 2 aromatic rings. The molecule has 0 radical (unpaired) electrons. The van der Waals surface area contributed by atoms with Crippen LogP contribution in [0.5, 0.6) is 0 Å². The summed E-state index contributed by atoms with van der Waals surface area (Å²) in [6.45, 7) is 2.10. The van der Waals surface area contributed by atoms with Gasteiger partial charge in [-0.2, -0.15) is 5.10 Å². The van der Waals surface area contributed by atoms with Crippen molar-refractivity contribution in [3.05, 3.63) is 28.7 Å². The molecule has 2 fully saturated rings. The van der Waals surface area contributed by atoms with E-state index in [1.807, 2.05) is 6.07 Å². The van der Waals surface area contributed by atoms with E-state index in [1.165, 1.54) is 49.5 Å². The number of hydrogen-bond acceptors (Lipinski definition) is 4. The highest BCUT2D eigenvalue weighted by atomic mass is 35.5. The van der Waals surface area contributed by atoms with E-state index in [1.54, 1.807) is 13.0 Å². The largest absolute Gasteiger partial charge is 0.461 e. The molecule has 5 nitrogen and oxygen atoms in total. The lowest BCUT2D eigenvalue weighted by Crippen LogP contribution is -2.28. The Bertz CT molecular complexity index is 804. The molecular weight excluding hydrogens is 350 g/mol. The normalized spacial score (nSPS) is 25.8. The molecule has 0 saturated heterocycles. The van der Waals surface area contributed by atoms with E-state index in [9.17, 15) is 4.79 Å². The molecule has 4 rings (SSSR count). The van der Waals surface area contributed by atoms with Crippen LogP contribution in [0.1, 0.15) is 68.1 Å². The molecule has 2 aromatic heterocycles. The zero-order valence-electron chi connectivity index (χ0n) is 15.3. The Labute approximate surface area is 159 Å². The third kappa shape index (κ3) is 3.59. The maximum Gasteiger partial charge on any atom is 0.358 e. The molecule has 0 bridgehead atoms. The van der Waals surface area contributed by atoms with Gasteiger partial charge in [0.2, 0.25) is 0 Å². The average Bonchev–Trinajstić information content (AvgIpc) is 3.07. The molecule has 0 amide bonds. The molecule has 2 heterocycles. The van der Waals surface area contributed by atoms with E-state index in [0.29, 0.717) is 23.3 Å². The van der Waals surface area contributed by atoms with Crippen LogP contribution >= 0.6 is 11.6 Å². The Morgan fingerprint density at radius 2 is 2.04 bits per heavy atom. The summed E-state index contributed by atoms with van der Waals surface area (Å²) in [5.74, 6) is 2.12. The van der Waals surface area contributed by atoms with Crippen LogP contribution in [0.4, 0.5) is 0 Å². The van der Waals surface area contributed by atoms with Crippen molar-refractivity contribution in [2.45, 2.75) is 58.3 Å². The predicted molar refractivity (Wildman–Crippen MR) is 100 cm³/mol. The highest BCUT2D eigenvalue weighted by molar-refractivity contribution is 6.29. The summed E-state index contributed by atoms with van der Waals surface area (Å²) in [5, 5.41) is 4.71. The number of halogens is 1. The number of fused-ring (bicyclic) bond motifs is 2. The van der Waals surface area contributed by atoms with E-state index >= 15 is 0 Å². The molecule has 3 unspecified atom stereocenters. The molecule has 2 saturated carbocycles. The van der Waals surface area contributed by atoms with Gasteiger partial charge in [0.25, 0.3) is 0 Å². The molecule has 0 aromatic carbocycles. The van der Waals surface area contributed by atoms with Crippen LogP contribution in [0.3, 0.4) is 0 Å². The van der Waals surface area contributed by atoms with Gasteiger partial charge in [0.1, 0.15) is 5.15 Å². The molecule has 0 spiro atoms. The highest BCUT2D eigenvalue weighted by Crippen LogP contribution is 2.43. The minimum atomic E-state index is -0.439. The van der Waals surface area contributed by atoms with Gasteiger partial charge in [-0.15, -0.1) is 0 Å². The standard InChI is InChI=1S/C20H26ClN3O2/c1-2-26-20(25)17-12-19-22-16(11-18(21)24(19)23-17)10-13-7-8-14-5-3-4-6-15(14)9-13/h11-15H,2-10H2,1H3. The van der Waals surface area contributed by atoms with Crippen molar-refractivity contribution in [1.82, 2.24) is 14.6 Å². The zero-order chi connectivity index (χ0) is 18.1. The fourth-order valence-corrected chi connectivity index (χ4v) is 5.10. The molecule has 0 N–H and O–H groups in total. The van der Waals surface area contributed by atoms with Crippen LogP contribution in [0.2, 0.25) is 5.15 Å². The summed E-state index contributed by atoms with van der Waals surface area (Å²) < 4.78 is 6.52. The second-order valence-electron chi connectivity index (χ2n) is 7.78. The van der Waals surface area contributed by atoms with Crippen molar-refractivity contribution in [1.29, 1.82) is 0 Å². The first-order valence-electron chi connectivity index (χ1n) is 9.86. The lowest BCUT2D eigenvalue weighted by Gasteiger charge is -2.39. The smallest absolute Gasteiger partial charge is 0.358 e. The maximum absolute atomic E-state index is 11.9. The number of rotatable bonds is 4. The van der Waals surface area contributed by atoms with Crippen LogP contribution in [-0.4, -0.2) is 27.2 Å². The van der Waals surface area contributed by atoms with Gasteiger partial charge in [0.05, 0.1) is 6.61 Å². The Morgan fingerprint density at radius 1 is 1.23 bits per heavy atom. The first kappa shape index (κ1) is 17.8. The minimum absolute atomic E-state index is 0.251. The number of carbonyl (C=O) groups is 1. The fourth-order valence-electron chi connectivity index (χ4n) is 4.85. The van der Waals surface area contributed by atoms with Gasteiger partial charge < -0.3 is 4.74 Å². The second-order valence-corrected chi connectivity index (χ2v) is 8.17. The fraction of sp³-hybridized carbons (Fsp3) is 0.650. The summed E-state index contributed by atoms with van der Waals surface area (Å²) in [6, 6.07) is 3.55. The van der Waals surface area contributed by atoms with Crippen LogP contribution in [0.15, 0.2) is 12.1 Å². The van der Waals surface area contributed by atoms with E-state index in [0.717, 1.165) is 24.0 Å². The van der Waals surface area contributed by atoms with Crippen molar-refractivity contribution >= 4 is 23.2 Å². The number of carbonyl (C=O) groups excluding carboxylic acids is 1. The summed E-state index contributed by atoms with van der Waals surface area (Å²) in [5.41, 5.74) is 1.86. The lowest BCUT2D eigenvalue weighted by atomic mass is 9.67. The first-order valence-corrected chi connectivity index (χ1v) is 10.2. The Morgan fingerprint density at radius 3 is 2.85 bits per heavy atom. The third-order valence-corrected chi connectivity index (χ3v) is 6.34. The third-order valence-electron chi connectivity index (χ3n) is 6.07. The molecule has 2 aliphatic rings. The van der Waals surface area contributed by atoms with Crippen LogP contribution in [-0.2, 0) is 11.2 Å². The minimum Gasteiger partial charge on any atom is -0.461 e. The zero-order valence-corrected chi connectivity index (χ0v) is 16.0. The number of ether oxygens (including phenoxy) is 1. The summed E-state index contributed by atoms with van der Waals surface area (Å²) >= 11 is 6.39. The van der Waals surface area contributed by atoms with Gasteiger partial charge in [0, 0.05) is 11.8 Å². The monoisotopic (exact) mass is 375 g/mol. The van der Waals surface area contributed by atoms with Crippen LogP contribution in [0.25, 0.3) is 5.65 Å². The molecular formula is C20H26ClN3O2. The van der Waals surface area contributed by atoms with Crippen molar-refractivity contribution in [3.63, 3.8) is 0 Å². The van der Waals surface area contributed by atoms with Crippen LogP contribution in [0, 0.1) is 17.8 Å². The Kier molecular flexibility index (Phi) is 5.16. The van der Waals surface area contributed by atoms with Crippen molar-refractivity contribution in [2.24, 2.45) is 17.8 Å². The Balaban J connectivity index is 1.50. The number of nitrogens with zero attached hydrogens (tertiary/aromatic N) is 3. The summed E-state index contributed by atoms with van der Waals surface area (Å²) in [6.07, 6.45) is 10.6. The first-order chi connectivity index (χ1) is 12.6. The summed E-state index contributed by atoms with van der Waals surface area (Å²) in [7, 11) is 0. The highest BCUT2D eigenvalue weighted by Gasteiger charge is 2.32. The van der Waals surface area contributed by atoms with Crippen molar-refractivity contribution in [2.75, 3.05) is 6.61 Å². The van der Waals surface area contributed by atoms with Crippen molar-refractivity contribution in [3.8, 4) is 0 Å². The van der Waals surface area contributed by atoms with E-state index < -0.39 is 5.97 Å². The second kappa shape index (κ2) is 7.55. The van der Waals surface area contributed by atoms with Crippen molar-refractivity contribution < 1.29 is 9.53 Å². The lowest BCUT2D eigenvalue weighted by molar-refractivity contribution is 0.0519. The molecule has 140 valence electrons. The number of aromatic nitrogens is 3. The van der Waals surface area contributed by atoms with E-state index in [-0.39, 0.29) is 5.69 Å². The SMILES string of the molecule is CCOC(=O)c1cc2nc(CC3CCC4CCCCC4C3)cc(Cl)n2n1. The molecule has 6 heteroatoms.